The van der Waals surface area contributed by atoms with Crippen molar-refractivity contribution in [1.29, 1.82) is 0 Å². The molecule has 1 aliphatic heterocycles. The third-order valence-corrected chi connectivity index (χ3v) is 3.35. The fourth-order valence-electron chi connectivity index (χ4n) is 2.13. The molecule has 0 unspecified atom stereocenters. The number of rotatable bonds is 8. The molecule has 2 N–H and O–H groups in total. The van der Waals surface area contributed by atoms with Crippen molar-refractivity contribution in [3.05, 3.63) is 23.8 Å². The average molecular weight is 306 g/mol. The summed E-state index contributed by atoms with van der Waals surface area (Å²) in [5, 5.41) is 5.47. The maximum atomic E-state index is 11.7. The summed E-state index contributed by atoms with van der Waals surface area (Å²) in [6.45, 7) is 3.31. The molecule has 22 heavy (non-hydrogen) atoms. The van der Waals surface area contributed by atoms with E-state index < -0.39 is 0 Å². The zero-order valence-electron chi connectivity index (χ0n) is 12.8. The molecular weight excluding hydrogens is 284 g/mol. The van der Waals surface area contributed by atoms with Gasteiger partial charge in [-0.15, -0.1) is 0 Å². The number of unbranched alkanes of at least 4 members (excludes halogenated alkanes) is 2. The fourth-order valence-corrected chi connectivity index (χ4v) is 2.13. The minimum absolute atomic E-state index is 0.142. The van der Waals surface area contributed by atoms with Crippen LogP contribution in [0.2, 0.25) is 0 Å². The van der Waals surface area contributed by atoms with Gasteiger partial charge in [0.25, 0.3) is 0 Å². The summed E-state index contributed by atoms with van der Waals surface area (Å²) < 4.78 is 10.5. The standard InChI is InChI=1S/C16H22N2O4/c1-2-3-4-7-17-15(19)9-16(20)18-10-12-5-6-13-14(8-12)22-11-21-13/h5-6,8H,2-4,7,9-11H2,1H3,(H,17,19)(H,18,20). The lowest BCUT2D eigenvalue weighted by atomic mass is 10.2. The van der Waals surface area contributed by atoms with Crippen molar-refractivity contribution in [3.63, 3.8) is 0 Å². The molecule has 6 nitrogen and oxygen atoms in total. The normalized spacial score (nSPS) is 12.0. The van der Waals surface area contributed by atoms with E-state index in [1.807, 2.05) is 18.2 Å². The molecule has 1 aromatic carbocycles. The second-order valence-electron chi connectivity index (χ2n) is 5.20. The molecule has 0 aromatic heterocycles. The molecule has 0 saturated carbocycles. The SMILES string of the molecule is CCCCCNC(=O)CC(=O)NCc1ccc2c(c1)OCO2. The number of hydrogen-bond donors (Lipinski definition) is 2. The van der Waals surface area contributed by atoms with Crippen molar-refractivity contribution >= 4 is 11.8 Å². The summed E-state index contributed by atoms with van der Waals surface area (Å²) in [6, 6.07) is 5.50. The van der Waals surface area contributed by atoms with Gasteiger partial charge in [0.15, 0.2) is 11.5 Å². The topological polar surface area (TPSA) is 76.7 Å². The van der Waals surface area contributed by atoms with Crippen LogP contribution in [0.15, 0.2) is 18.2 Å². The summed E-state index contributed by atoms with van der Waals surface area (Å²) in [5.41, 5.74) is 0.904. The van der Waals surface area contributed by atoms with Crippen LogP contribution in [0.25, 0.3) is 0 Å². The smallest absolute Gasteiger partial charge is 0.231 e. The highest BCUT2D eigenvalue weighted by Crippen LogP contribution is 2.32. The van der Waals surface area contributed by atoms with Crippen LogP contribution in [0.4, 0.5) is 0 Å². The van der Waals surface area contributed by atoms with Gasteiger partial charge in [-0.05, 0) is 24.1 Å². The second kappa shape index (κ2) is 8.26. The van der Waals surface area contributed by atoms with Gasteiger partial charge in [-0.3, -0.25) is 9.59 Å². The Morgan fingerprint density at radius 1 is 1.09 bits per heavy atom. The summed E-state index contributed by atoms with van der Waals surface area (Å²) in [5.74, 6) is 0.867. The van der Waals surface area contributed by atoms with Crippen molar-refractivity contribution in [2.45, 2.75) is 39.2 Å². The van der Waals surface area contributed by atoms with Crippen LogP contribution >= 0.6 is 0 Å². The Kier molecular flexibility index (Phi) is 6.06. The highest BCUT2D eigenvalue weighted by Gasteiger charge is 2.14. The number of fused-ring (bicyclic) bond motifs is 1. The molecule has 2 amide bonds. The predicted molar refractivity (Wildman–Crippen MR) is 81.6 cm³/mol. The number of carbonyl (C=O) groups is 2. The lowest BCUT2D eigenvalue weighted by molar-refractivity contribution is -0.129. The molecular formula is C16H22N2O4. The van der Waals surface area contributed by atoms with Crippen LogP contribution in [0, 0.1) is 0 Å². The van der Waals surface area contributed by atoms with E-state index in [-0.39, 0.29) is 25.0 Å². The minimum atomic E-state index is -0.286. The van der Waals surface area contributed by atoms with Gasteiger partial charge in [-0.1, -0.05) is 25.8 Å². The van der Waals surface area contributed by atoms with Gasteiger partial charge in [0.05, 0.1) is 0 Å². The van der Waals surface area contributed by atoms with Gasteiger partial charge in [0, 0.05) is 13.1 Å². The Bertz CT molecular complexity index is 531. The quantitative estimate of drug-likeness (QED) is 0.566. The maximum Gasteiger partial charge on any atom is 0.231 e. The van der Waals surface area contributed by atoms with E-state index in [2.05, 4.69) is 17.6 Å². The number of amides is 2. The highest BCUT2D eigenvalue weighted by molar-refractivity contribution is 5.96. The predicted octanol–water partition coefficient (Wildman–Crippen LogP) is 1.73. The molecule has 0 atom stereocenters. The number of carbonyl (C=O) groups excluding carboxylic acids is 2. The molecule has 1 aromatic rings. The van der Waals surface area contributed by atoms with Crippen molar-refractivity contribution in [2.75, 3.05) is 13.3 Å². The maximum absolute atomic E-state index is 11.7. The van der Waals surface area contributed by atoms with Gasteiger partial charge in [-0.2, -0.15) is 0 Å². The second-order valence-corrected chi connectivity index (χ2v) is 5.20. The van der Waals surface area contributed by atoms with Gasteiger partial charge in [0.2, 0.25) is 18.6 Å². The molecule has 1 aliphatic rings. The average Bonchev–Trinajstić information content (AvgIpc) is 2.97. The lowest BCUT2D eigenvalue weighted by Gasteiger charge is -2.07. The molecule has 0 fully saturated rings. The minimum Gasteiger partial charge on any atom is -0.454 e. The third-order valence-electron chi connectivity index (χ3n) is 3.35. The Balaban J connectivity index is 1.68. The molecule has 0 saturated heterocycles. The molecule has 0 spiro atoms. The molecule has 120 valence electrons. The molecule has 0 bridgehead atoms. The number of ether oxygens (including phenoxy) is 2. The summed E-state index contributed by atoms with van der Waals surface area (Å²) >= 11 is 0. The van der Waals surface area contributed by atoms with Gasteiger partial charge >= 0.3 is 0 Å². The largest absolute Gasteiger partial charge is 0.454 e. The zero-order valence-corrected chi connectivity index (χ0v) is 12.8. The number of hydrogen-bond acceptors (Lipinski definition) is 4. The van der Waals surface area contributed by atoms with Crippen LogP contribution in [0.3, 0.4) is 0 Å². The van der Waals surface area contributed by atoms with E-state index in [4.69, 9.17) is 9.47 Å². The Hall–Kier alpha value is -2.24. The van der Waals surface area contributed by atoms with Gasteiger partial charge in [0.1, 0.15) is 6.42 Å². The summed E-state index contributed by atoms with van der Waals surface area (Å²) in [7, 11) is 0. The van der Waals surface area contributed by atoms with Crippen molar-refractivity contribution in [2.24, 2.45) is 0 Å². The molecule has 2 rings (SSSR count). The first-order chi connectivity index (χ1) is 10.7. The van der Waals surface area contributed by atoms with Crippen LogP contribution in [0.5, 0.6) is 11.5 Å². The lowest BCUT2D eigenvalue weighted by Crippen LogP contribution is -2.32. The zero-order chi connectivity index (χ0) is 15.8. The first-order valence-electron chi connectivity index (χ1n) is 7.61. The van der Waals surface area contributed by atoms with E-state index >= 15 is 0 Å². The van der Waals surface area contributed by atoms with E-state index in [1.165, 1.54) is 0 Å². The van der Waals surface area contributed by atoms with E-state index in [0.717, 1.165) is 24.8 Å². The molecule has 6 heteroatoms. The highest BCUT2D eigenvalue weighted by atomic mass is 16.7. The monoisotopic (exact) mass is 306 g/mol. The van der Waals surface area contributed by atoms with Gasteiger partial charge < -0.3 is 20.1 Å². The molecule has 0 aliphatic carbocycles. The van der Waals surface area contributed by atoms with Crippen molar-refractivity contribution in [1.82, 2.24) is 10.6 Å². The number of benzene rings is 1. The van der Waals surface area contributed by atoms with Crippen LogP contribution in [0.1, 0.15) is 38.2 Å². The first-order valence-corrected chi connectivity index (χ1v) is 7.61. The Labute approximate surface area is 130 Å². The Morgan fingerprint density at radius 2 is 1.86 bits per heavy atom. The van der Waals surface area contributed by atoms with Gasteiger partial charge in [-0.25, -0.2) is 0 Å². The van der Waals surface area contributed by atoms with Crippen LogP contribution < -0.4 is 20.1 Å². The summed E-state index contributed by atoms with van der Waals surface area (Å²) in [6.07, 6.45) is 2.99. The molecule has 1 heterocycles. The molecule has 0 radical (unpaired) electrons. The summed E-state index contributed by atoms with van der Waals surface area (Å²) in [4.78, 5) is 23.3. The van der Waals surface area contributed by atoms with Crippen LogP contribution in [-0.4, -0.2) is 25.2 Å². The van der Waals surface area contributed by atoms with E-state index in [0.29, 0.717) is 24.6 Å². The van der Waals surface area contributed by atoms with Crippen molar-refractivity contribution < 1.29 is 19.1 Å². The fraction of sp³-hybridized carbons (Fsp3) is 0.500. The number of nitrogens with one attached hydrogen (secondary N) is 2. The Morgan fingerprint density at radius 3 is 2.68 bits per heavy atom. The third kappa shape index (κ3) is 4.95. The first kappa shape index (κ1) is 16.1. The van der Waals surface area contributed by atoms with Crippen molar-refractivity contribution in [3.8, 4) is 11.5 Å². The van der Waals surface area contributed by atoms with E-state index in [1.54, 1.807) is 0 Å². The van der Waals surface area contributed by atoms with E-state index in [9.17, 15) is 9.59 Å². The van der Waals surface area contributed by atoms with Crippen LogP contribution in [-0.2, 0) is 16.1 Å².